The monoisotopic (exact) mass is 220 g/mol. The van der Waals surface area contributed by atoms with Crippen molar-refractivity contribution in [3.05, 3.63) is 23.8 Å². The minimum atomic E-state index is -0.535. The SMILES string of the molecule is CCOC(=O)Nc1ccc(C)c(N=C=O)c1. The average Bonchev–Trinajstić information content (AvgIpc) is 2.24. The van der Waals surface area contributed by atoms with Crippen molar-refractivity contribution in [3.8, 4) is 0 Å². The van der Waals surface area contributed by atoms with Crippen LogP contribution in [0.15, 0.2) is 23.2 Å². The normalized spacial score (nSPS) is 9.12. The van der Waals surface area contributed by atoms with Crippen LogP contribution in [-0.4, -0.2) is 18.8 Å². The molecule has 0 spiro atoms. The summed E-state index contributed by atoms with van der Waals surface area (Å²) in [7, 11) is 0. The molecule has 1 amide bonds. The number of nitrogens with zero attached hydrogens (tertiary/aromatic N) is 1. The largest absolute Gasteiger partial charge is 0.450 e. The molecule has 0 unspecified atom stereocenters. The van der Waals surface area contributed by atoms with Gasteiger partial charge in [0.2, 0.25) is 6.08 Å². The van der Waals surface area contributed by atoms with Crippen LogP contribution in [0.2, 0.25) is 0 Å². The van der Waals surface area contributed by atoms with Crippen LogP contribution in [0.3, 0.4) is 0 Å². The number of rotatable bonds is 3. The molecule has 0 aliphatic rings. The molecule has 1 aromatic carbocycles. The molecule has 0 aromatic heterocycles. The quantitative estimate of drug-likeness (QED) is 0.628. The van der Waals surface area contributed by atoms with Crippen molar-refractivity contribution in [1.29, 1.82) is 0 Å². The molecule has 0 radical (unpaired) electrons. The predicted octanol–water partition coefficient (Wildman–Crippen LogP) is 2.53. The van der Waals surface area contributed by atoms with Crippen molar-refractivity contribution in [2.45, 2.75) is 13.8 Å². The molecule has 84 valence electrons. The number of aryl methyl sites for hydroxylation is 1. The van der Waals surface area contributed by atoms with Crippen LogP contribution in [0.25, 0.3) is 0 Å². The third-order valence-corrected chi connectivity index (χ3v) is 1.90. The van der Waals surface area contributed by atoms with E-state index in [2.05, 4.69) is 10.3 Å². The summed E-state index contributed by atoms with van der Waals surface area (Å²) >= 11 is 0. The van der Waals surface area contributed by atoms with Crippen LogP contribution < -0.4 is 5.32 Å². The second kappa shape index (κ2) is 5.68. The summed E-state index contributed by atoms with van der Waals surface area (Å²) in [6, 6.07) is 5.03. The molecule has 0 saturated carbocycles. The fourth-order valence-electron chi connectivity index (χ4n) is 1.14. The summed E-state index contributed by atoms with van der Waals surface area (Å²) in [5.41, 5.74) is 1.83. The van der Waals surface area contributed by atoms with Crippen molar-refractivity contribution in [1.82, 2.24) is 0 Å². The van der Waals surface area contributed by atoms with Crippen LogP contribution in [0.1, 0.15) is 12.5 Å². The number of isocyanates is 1. The Kier molecular flexibility index (Phi) is 4.24. The highest BCUT2D eigenvalue weighted by Crippen LogP contribution is 2.22. The Morgan fingerprint density at radius 1 is 1.56 bits per heavy atom. The van der Waals surface area contributed by atoms with Crippen LogP contribution in [-0.2, 0) is 9.53 Å². The fourth-order valence-corrected chi connectivity index (χ4v) is 1.14. The lowest BCUT2D eigenvalue weighted by Gasteiger charge is -2.06. The minimum absolute atomic E-state index is 0.303. The summed E-state index contributed by atoms with van der Waals surface area (Å²) in [5.74, 6) is 0. The lowest BCUT2D eigenvalue weighted by molar-refractivity contribution is 0.168. The van der Waals surface area contributed by atoms with E-state index in [9.17, 15) is 9.59 Å². The number of amides is 1. The summed E-state index contributed by atoms with van der Waals surface area (Å²) in [4.78, 5) is 24.8. The highest BCUT2D eigenvalue weighted by molar-refractivity contribution is 5.85. The summed E-state index contributed by atoms with van der Waals surface area (Å²) < 4.78 is 4.72. The van der Waals surface area contributed by atoms with Crippen LogP contribution >= 0.6 is 0 Å². The first-order valence-electron chi connectivity index (χ1n) is 4.79. The maximum atomic E-state index is 11.1. The number of nitrogens with one attached hydrogen (secondary N) is 1. The van der Waals surface area contributed by atoms with E-state index < -0.39 is 6.09 Å². The van der Waals surface area contributed by atoms with Crippen LogP contribution in [0, 0.1) is 6.92 Å². The lowest BCUT2D eigenvalue weighted by Crippen LogP contribution is -2.13. The second-order valence-corrected chi connectivity index (χ2v) is 3.05. The van der Waals surface area contributed by atoms with Gasteiger partial charge in [-0.15, -0.1) is 0 Å². The molecule has 16 heavy (non-hydrogen) atoms. The van der Waals surface area contributed by atoms with Crippen molar-refractivity contribution < 1.29 is 14.3 Å². The van der Waals surface area contributed by atoms with E-state index in [-0.39, 0.29) is 0 Å². The molecule has 1 aromatic rings. The molecular weight excluding hydrogens is 208 g/mol. The Morgan fingerprint density at radius 3 is 2.94 bits per heavy atom. The number of benzene rings is 1. The van der Waals surface area contributed by atoms with Crippen molar-refractivity contribution in [2.24, 2.45) is 4.99 Å². The van der Waals surface area contributed by atoms with Gasteiger partial charge >= 0.3 is 6.09 Å². The van der Waals surface area contributed by atoms with Gasteiger partial charge in [0.15, 0.2) is 0 Å². The van der Waals surface area contributed by atoms with Gasteiger partial charge in [0.1, 0.15) is 0 Å². The highest BCUT2D eigenvalue weighted by atomic mass is 16.5. The van der Waals surface area contributed by atoms with Gasteiger partial charge in [0.25, 0.3) is 0 Å². The number of carbonyl (C=O) groups excluding carboxylic acids is 2. The van der Waals surface area contributed by atoms with Crippen molar-refractivity contribution in [2.75, 3.05) is 11.9 Å². The molecule has 1 rings (SSSR count). The Labute approximate surface area is 93.1 Å². The number of ether oxygens (including phenoxy) is 1. The maximum Gasteiger partial charge on any atom is 0.411 e. The van der Waals surface area contributed by atoms with E-state index in [4.69, 9.17) is 4.74 Å². The molecule has 0 saturated heterocycles. The molecule has 1 N–H and O–H groups in total. The topological polar surface area (TPSA) is 67.8 Å². The zero-order chi connectivity index (χ0) is 12.0. The Bertz CT molecular complexity index is 437. The number of carbonyl (C=O) groups is 1. The first-order valence-corrected chi connectivity index (χ1v) is 4.79. The third kappa shape index (κ3) is 3.22. The van der Waals surface area contributed by atoms with Gasteiger partial charge in [-0.3, -0.25) is 5.32 Å². The molecular formula is C11H12N2O3. The van der Waals surface area contributed by atoms with Gasteiger partial charge in [-0.25, -0.2) is 9.59 Å². The predicted molar refractivity (Wildman–Crippen MR) is 59.6 cm³/mol. The summed E-state index contributed by atoms with van der Waals surface area (Å²) in [6.45, 7) is 3.83. The van der Waals surface area contributed by atoms with Gasteiger partial charge in [-0.05, 0) is 31.5 Å². The Morgan fingerprint density at radius 2 is 2.31 bits per heavy atom. The van der Waals surface area contributed by atoms with E-state index in [1.54, 1.807) is 25.1 Å². The molecule has 0 aliphatic heterocycles. The number of hydrogen-bond acceptors (Lipinski definition) is 4. The molecule has 5 heteroatoms. The molecule has 0 aliphatic carbocycles. The lowest BCUT2D eigenvalue weighted by atomic mass is 10.2. The summed E-state index contributed by atoms with van der Waals surface area (Å²) in [5, 5.41) is 2.52. The molecule has 5 nitrogen and oxygen atoms in total. The smallest absolute Gasteiger partial charge is 0.411 e. The van der Waals surface area contributed by atoms with Crippen molar-refractivity contribution in [3.63, 3.8) is 0 Å². The second-order valence-electron chi connectivity index (χ2n) is 3.05. The molecule has 0 atom stereocenters. The molecule has 0 fully saturated rings. The Balaban J connectivity index is 2.86. The van der Waals surface area contributed by atoms with Gasteiger partial charge < -0.3 is 4.74 Å². The fraction of sp³-hybridized carbons (Fsp3) is 0.273. The summed E-state index contributed by atoms with van der Waals surface area (Å²) in [6.07, 6.45) is 0.927. The van der Waals surface area contributed by atoms with Crippen molar-refractivity contribution >= 4 is 23.5 Å². The van der Waals surface area contributed by atoms with Crippen LogP contribution in [0.4, 0.5) is 16.2 Å². The van der Waals surface area contributed by atoms with Gasteiger partial charge in [-0.1, -0.05) is 6.07 Å². The highest BCUT2D eigenvalue weighted by Gasteiger charge is 2.04. The number of anilines is 1. The van der Waals surface area contributed by atoms with E-state index in [1.807, 2.05) is 6.92 Å². The average molecular weight is 220 g/mol. The molecule has 0 bridgehead atoms. The minimum Gasteiger partial charge on any atom is -0.450 e. The van der Waals surface area contributed by atoms with E-state index >= 15 is 0 Å². The third-order valence-electron chi connectivity index (χ3n) is 1.90. The number of hydrogen-bond donors (Lipinski definition) is 1. The maximum absolute atomic E-state index is 11.1. The molecule has 0 heterocycles. The van der Waals surface area contributed by atoms with Gasteiger partial charge in [0, 0.05) is 5.69 Å². The first kappa shape index (κ1) is 11.9. The zero-order valence-corrected chi connectivity index (χ0v) is 9.11. The van der Waals surface area contributed by atoms with Crippen LogP contribution in [0.5, 0.6) is 0 Å². The number of aliphatic imine (C=N–C) groups is 1. The Hall–Kier alpha value is -2.13. The first-order chi connectivity index (χ1) is 7.67. The van der Waals surface area contributed by atoms with E-state index in [0.29, 0.717) is 18.0 Å². The van der Waals surface area contributed by atoms with E-state index in [0.717, 1.165) is 5.56 Å². The van der Waals surface area contributed by atoms with Gasteiger partial charge in [-0.2, -0.15) is 4.99 Å². The van der Waals surface area contributed by atoms with E-state index in [1.165, 1.54) is 6.08 Å². The zero-order valence-electron chi connectivity index (χ0n) is 9.11. The van der Waals surface area contributed by atoms with Gasteiger partial charge in [0.05, 0.1) is 12.3 Å². The standard InChI is InChI=1S/C11H12N2O3/c1-3-16-11(15)13-9-5-4-8(2)10(6-9)12-7-14/h4-6H,3H2,1-2H3,(H,13,15).